The van der Waals surface area contributed by atoms with E-state index in [0.29, 0.717) is 5.78 Å². The van der Waals surface area contributed by atoms with Crippen molar-refractivity contribution in [2.45, 2.75) is 32.6 Å². The van der Waals surface area contributed by atoms with E-state index in [1.165, 1.54) is 6.42 Å². The SMILES string of the molecule is C=C(C)/C=C/C1CCCCC1=O. The summed E-state index contributed by atoms with van der Waals surface area (Å²) in [7, 11) is 0. The summed E-state index contributed by atoms with van der Waals surface area (Å²) in [4.78, 5) is 11.3. The lowest BCUT2D eigenvalue weighted by molar-refractivity contribution is -0.122. The van der Waals surface area contributed by atoms with Gasteiger partial charge in [-0.05, 0) is 19.8 Å². The molecule has 0 amide bonds. The molecule has 1 aliphatic rings. The lowest BCUT2D eigenvalue weighted by atomic mass is 9.87. The Kier molecular flexibility index (Phi) is 3.27. The molecule has 1 heteroatoms. The summed E-state index contributed by atoms with van der Waals surface area (Å²) in [5.74, 6) is 0.578. The van der Waals surface area contributed by atoms with E-state index in [0.717, 1.165) is 24.8 Å². The van der Waals surface area contributed by atoms with Crippen molar-refractivity contribution < 1.29 is 4.79 Å². The van der Waals surface area contributed by atoms with E-state index in [1.807, 2.05) is 19.1 Å². The molecule has 1 aliphatic carbocycles. The quantitative estimate of drug-likeness (QED) is 0.573. The molecule has 1 nitrogen and oxygen atoms in total. The summed E-state index contributed by atoms with van der Waals surface area (Å²) in [6.07, 6.45) is 8.03. The molecule has 0 bridgehead atoms. The van der Waals surface area contributed by atoms with Gasteiger partial charge in [0.25, 0.3) is 0 Å². The molecule has 1 saturated carbocycles. The van der Waals surface area contributed by atoms with Crippen LogP contribution in [0.1, 0.15) is 32.6 Å². The monoisotopic (exact) mass is 164 g/mol. The summed E-state index contributed by atoms with van der Waals surface area (Å²) >= 11 is 0. The number of allylic oxidation sites excluding steroid dienone is 3. The van der Waals surface area contributed by atoms with Crippen molar-refractivity contribution in [1.29, 1.82) is 0 Å². The number of carbonyl (C=O) groups excluding carboxylic acids is 1. The van der Waals surface area contributed by atoms with Crippen LogP contribution in [0.2, 0.25) is 0 Å². The van der Waals surface area contributed by atoms with Crippen molar-refractivity contribution in [2.24, 2.45) is 5.92 Å². The number of rotatable bonds is 2. The van der Waals surface area contributed by atoms with E-state index >= 15 is 0 Å². The van der Waals surface area contributed by atoms with Crippen molar-refractivity contribution in [2.75, 3.05) is 0 Å². The molecular formula is C11H16O. The van der Waals surface area contributed by atoms with Crippen LogP contribution in [0.25, 0.3) is 0 Å². The Morgan fingerprint density at radius 1 is 1.58 bits per heavy atom. The van der Waals surface area contributed by atoms with Crippen LogP contribution in [0.15, 0.2) is 24.3 Å². The Morgan fingerprint density at radius 2 is 2.33 bits per heavy atom. The van der Waals surface area contributed by atoms with Gasteiger partial charge in [0.15, 0.2) is 0 Å². The van der Waals surface area contributed by atoms with Gasteiger partial charge in [0, 0.05) is 12.3 Å². The normalized spacial score (nSPS) is 24.8. The molecule has 12 heavy (non-hydrogen) atoms. The molecule has 0 aromatic carbocycles. The Morgan fingerprint density at radius 3 is 2.92 bits per heavy atom. The molecule has 1 fully saturated rings. The zero-order chi connectivity index (χ0) is 8.97. The first-order chi connectivity index (χ1) is 5.70. The summed E-state index contributed by atoms with van der Waals surface area (Å²) in [5.41, 5.74) is 1.02. The van der Waals surface area contributed by atoms with Gasteiger partial charge in [0.2, 0.25) is 0 Å². The van der Waals surface area contributed by atoms with Crippen LogP contribution < -0.4 is 0 Å². The molecule has 1 unspecified atom stereocenters. The predicted molar refractivity (Wildman–Crippen MR) is 50.9 cm³/mol. The van der Waals surface area contributed by atoms with Crippen LogP contribution in [-0.2, 0) is 4.79 Å². The first kappa shape index (κ1) is 9.24. The van der Waals surface area contributed by atoms with Gasteiger partial charge in [-0.2, -0.15) is 0 Å². The Bertz CT molecular complexity index is 213. The van der Waals surface area contributed by atoms with E-state index in [2.05, 4.69) is 6.58 Å². The maximum Gasteiger partial charge on any atom is 0.139 e. The van der Waals surface area contributed by atoms with Crippen LogP contribution in [0, 0.1) is 5.92 Å². The fourth-order valence-electron chi connectivity index (χ4n) is 1.49. The molecule has 0 N–H and O–H groups in total. The minimum Gasteiger partial charge on any atom is -0.299 e. The summed E-state index contributed by atoms with van der Waals surface area (Å²) < 4.78 is 0. The Balaban J connectivity index is 2.49. The first-order valence-electron chi connectivity index (χ1n) is 4.56. The van der Waals surface area contributed by atoms with Gasteiger partial charge in [0.1, 0.15) is 5.78 Å². The van der Waals surface area contributed by atoms with Gasteiger partial charge in [0.05, 0.1) is 0 Å². The number of ketones is 1. The van der Waals surface area contributed by atoms with Crippen LogP contribution in [0.5, 0.6) is 0 Å². The second kappa shape index (κ2) is 4.24. The number of hydrogen-bond donors (Lipinski definition) is 0. The maximum absolute atomic E-state index is 11.3. The Labute approximate surface area is 74.2 Å². The van der Waals surface area contributed by atoms with Crippen LogP contribution >= 0.6 is 0 Å². The van der Waals surface area contributed by atoms with Gasteiger partial charge >= 0.3 is 0 Å². The van der Waals surface area contributed by atoms with Gasteiger partial charge < -0.3 is 0 Å². The second-order valence-corrected chi connectivity index (χ2v) is 3.52. The predicted octanol–water partition coefficient (Wildman–Crippen LogP) is 2.88. The van der Waals surface area contributed by atoms with E-state index < -0.39 is 0 Å². The number of Topliss-reactive ketones (excluding diaryl/α,β-unsaturated/α-hetero) is 1. The average molecular weight is 164 g/mol. The van der Waals surface area contributed by atoms with E-state index in [1.54, 1.807) is 0 Å². The number of hydrogen-bond acceptors (Lipinski definition) is 1. The fourth-order valence-corrected chi connectivity index (χ4v) is 1.49. The maximum atomic E-state index is 11.3. The molecular weight excluding hydrogens is 148 g/mol. The lowest BCUT2D eigenvalue weighted by Gasteiger charge is -2.16. The summed E-state index contributed by atoms with van der Waals surface area (Å²) in [5, 5.41) is 0. The summed E-state index contributed by atoms with van der Waals surface area (Å²) in [6, 6.07) is 0. The second-order valence-electron chi connectivity index (χ2n) is 3.52. The smallest absolute Gasteiger partial charge is 0.139 e. The lowest BCUT2D eigenvalue weighted by Crippen LogP contribution is -2.16. The highest BCUT2D eigenvalue weighted by Gasteiger charge is 2.18. The van der Waals surface area contributed by atoms with E-state index in [-0.39, 0.29) is 5.92 Å². The highest BCUT2D eigenvalue weighted by Crippen LogP contribution is 2.21. The molecule has 1 rings (SSSR count). The first-order valence-corrected chi connectivity index (χ1v) is 4.56. The molecule has 66 valence electrons. The molecule has 0 heterocycles. The molecule has 0 radical (unpaired) electrons. The van der Waals surface area contributed by atoms with Gasteiger partial charge in [-0.1, -0.05) is 30.7 Å². The topological polar surface area (TPSA) is 17.1 Å². The van der Waals surface area contributed by atoms with Crippen molar-refractivity contribution in [1.82, 2.24) is 0 Å². The number of carbonyl (C=O) groups is 1. The van der Waals surface area contributed by atoms with E-state index in [4.69, 9.17) is 0 Å². The van der Waals surface area contributed by atoms with Gasteiger partial charge in [-0.15, -0.1) is 0 Å². The van der Waals surface area contributed by atoms with Crippen LogP contribution in [0.3, 0.4) is 0 Å². The third-order valence-corrected chi connectivity index (χ3v) is 2.21. The van der Waals surface area contributed by atoms with Crippen LogP contribution in [0.4, 0.5) is 0 Å². The zero-order valence-electron chi connectivity index (χ0n) is 7.68. The third kappa shape index (κ3) is 2.65. The highest BCUT2D eigenvalue weighted by atomic mass is 16.1. The van der Waals surface area contributed by atoms with E-state index in [9.17, 15) is 4.79 Å². The minimum atomic E-state index is 0.176. The van der Waals surface area contributed by atoms with Crippen molar-refractivity contribution >= 4 is 5.78 Å². The fraction of sp³-hybridized carbons (Fsp3) is 0.545. The Hall–Kier alpha value is -0.850. The standard InChI is InChI=1S/C11H16O/c1-9(2)7-8-10-5-3-4-6-11(10)12/h7-8,10H,1,3-6H2,2H3/b8-7+. The molecule has 0 saturated heterocycles. The van der Waals surface area contributed by atoms with Gasteiger partial charge in [-0.3, -0.25) is 4.79 Å². The van der Waals surface area contributed by atoms with Gasteiger partial charge in [-0.25, -0.2) is 0 Å². The summed E-state index contributed by atoms with van der Waals surface area (Å²) in [6.45, 7) is 5.71. The minimum absolute atomic E-state index is 0.176. The average Bonchev–Trinajstić information content (AvgIpc) is 2.03. The van der Waals surface area contributed by atoms with Crippen LogP contribution in [-0.4, -0.2) is 5.78 Å². The largest absolute Gasteiger partial charge is 0.299 e. The molecule has 0 aromatic heterocycles. The zero-order valence-corrected chi connectivity index (χ0v) is 7.68. The molecule has 1 atom stereocenters. The highest BCUT2D eigenvalue weighted by molar-refractivity contribution is 5.83. The van der Waals surface area contributed by atoms with Crippen molar-refractivity contribution in [3.63, 3.8) is 0 Å². The molecule has 0 aliphatic heterocycles. The van der Waals surface area contributed by atoms with Crippen molar-refractivity contribution in [3.05, 3.63) is 24.3 Å². The molecule has 0 aromatic rings. The molecule has 0 spiro atoms. The van der Waals surface area contributed by atoms with Crippen molar-refractivity contribution in [3.8, 4) is 0 Å². The third-order valence-electron chi connectivity index (χ3n) is 2.21.